The Morgan fingerprint density at radius 3 is 2.03 bits per heavy atom. The van der Waals surface area contributed by atoms with Crippen LogP contribution in [0.4, 0.5) is 11.4 Å². The Labute approximate surface area is 203 Å². The molecule has 2 N–H and O–H groups in total. The number of ether oxygens (including phenoxy) is 3. The zero-order valence-electron chi connectivity index (χ0n) is 19.4. The molecule has 0 unspecified atom stereocenters. The molecule has 0 spiro atoms. The van der Waals surface area contributed by atoms with Crippen molar-refractivity contribution in [3.05, 3.63) is 84.4 Å². The Bertz CT molecular complexity index is 1450. The molecule has 0 aliphatic carbocycles. The highest BCUT2D eigenvalue weighted by molar-refractivity contribution is 7.92. The van der Waals surface area contributed by atoms with Crippen LogP contribution in [0.25, 0.3) is 10.8 Å². The Kier molecular flexibility index (Phi) is 6.79. The summed E-state index contributed by atoms with van der Waals surface area (Å²) in [5.41, 5.74) is 1.20. The fraction of sp³-hybridized carbons (Fsp3) is 0.115. The summed E-state index contributed by atoms with van der Waals surface area (Å²) in [5.74, 6) is 0.643. The van der Waals surface area contributed by atoms with Gasteiger partial charge in [0.05, 0.1) is 31.9 Å². The minimum atomic E-state index is -3.84. The molecule has 4 rings (SSSR count). The van der Waals surface area contributed by atoms with Crippen molar-refractivity contribution in [3.63, 3.8) is 0 Å². The van der Waals surface area contributed by atoms with Crippen LogP contribution < -0.4 is 24.2 Å². The van der Waals surface area contributed by atoms with Crippen molar-refractivity contribution in [2.24, 2.45) is 0 Å². The predicted octanol–water partition coefficient (Wildman–Crippen LogP) is 4.92. The molecule has 8 nitrogen and oxygen atoms in total. The van der Waals surface area contributed by atoms with Crippen molar-refractivity contribution in [3.8, 4) is 17.2 Å². The van der Waals surface area contributed by atoms with E-state index < -0.39 is 15.9 Å². The van der Waals surface area contributed by atoms with Crippen LogP contribution in [-0.4, -0.2) is 35.7 Å². The third kappa shape index (κ3) is 4.99. The lowest BCUT2D eigenvalue weighted by Crippen LogP contribution is -2.14. The molecule has 0 atom stereocenters. The largest absolute Gasteiger partial charge is 0.493 e. The van der Waals surface area contributed by atoms with E-state index in [-0.39, 0.29) is 10.5 Å². The molecule has 180 valence electrons. The summed E-state index contributed by atoms with van der Waals surface area (Å²) >= 11 is 0. The third-order valence-electron chi connectivity index (χ3n) is 5.38. The Balaban J connectivity index is 1.53. The van der Waals surface area contributed by atoms with Gasteiger partial charge in [0.25, 0.3) is 15.9 Å². The zero-order valence-corrected chi connectivity index (χ0v) is 20.2. The van der Waals surface area contributed by atoms with Gasteiger partial charge in [-0.1, -0.05) is 36.4 Å². The Morgan fingerprint density at radius 1 is 0.771 bits per heavy atom. The first-order valence-electron chi connectivity index (χ1n) is 10.6. The summed E-state index contributed by atoms with van der Waals surface area (Å²) in [6.07, 6.45) is 0. The number of carbonyl (C=O) groups is 1. The summed E-state index contributed by atoms with van der Waals surface area (Å²) in [5, 5.41) is 4.47. The van der Waals surface area contributed by atoms with E-state index in [0.29, 0.717) is 28.6 Å². The normalized spacial score (nSPS) is 11.1. The number of hydrogen-bond acceptors (Lipinski definition) is 6. The van der Waals surface area contributed by atoms with Gasteiger partial charge in [0, 0.05) is 16.6 Å². The molecule has 0 fully saturated rings. The van der Waals surface area contributed by atoms with Crippen LogP contribution in [-0.2, 0) is 10.0 Å². The lowest BCUT2D eigenvalue weighted by atomic mass is 10.1. The van der Waals surface area contributed by atoms with Crippen molar-refractivity contribution < 1.29 is 27.4 Å². The van der Waals surface area contributed by atoms with Crippen LogP contribution in [0.1, 0.15) is 10.4 Å². The van der Waals surface area contributed by atoms with Gasteiger partial charge in [-0.25, -0.2) is 8.42 Å². The maximum atomic E-state index is 13.0. The van der Waals surface area contributed by atoms with Gasteiger partial charge in [-0.2, -0.15) is 0 Å². The summed E-state index contributed by atoms with van der Waals surface area (Å²) in [4.78, 5) is 12.9. The highest BCUT2D eigenvalue weighted by Crippen LogP contribution is 2.38. The lowest BCUT2D eigenvalue weighted by molar-refractivity contribution is 0.102. The first-order valence-corrected chi connectivity index (χ1v) is 12.1. The van der Waals surface area contributed by atoms with Crippen molar-refractivity contribution in [2.45, 2.75) is 4.90 Å². The van der Waals surface area contributed by atoms with Gasteiger partial charge < -0.3 is 19.5 Å². The number of nitrogens with one attached hydrogen (secondary N) is 2. The smallest absolute Gasteiger partial charge is 0.261 e. The zero-order chi connectivity index (χ0) is 25.0. The predicted molar refractivity (Wildman–Crippen MR) is 135 cm³/mol. The van der Waals surface area contributed by atoms with E-state index in [0.717, 1.165) is 10.8 Å². The van der Waals surface area contributed by atoms with Crippen LogP contribution in [0.15, 0.2) is 83.8 Å². The van der Waals surface area contributed by atoms with Crippen LogP contribution in [0.2, 0.25) is 0 Å². The van der Waals surface area contributed by atoms with Gasteiger partial charge >= 0.3 is 0 Å². The molecular weight excluding hydrogens is 468 g/mol. The fourth-order valence-corrected chi connectivity index (χ4v) is 4.73. The summed E-state index contributed by atoms with van der Waals surface area (Å²) < 4.78 is 44.4. The van der Waals surface area contributed by atoms with Gasteiger partial charge in [0.15, 0.2) is 11.5 Å². The molecule has 0 aromatic heterocycles. The minimum absolute atomic E-state index is 0.0659. The van der Waals surface area contributed by atoms with E-state index in [1.165, 1.54) is 57.7 Å². The molecule has 9 heteroatoms. The molecule has 0 saturated carbocycles. The van der Waals surface area contributed by atoms with Crippen molar-refractivity contribution in [1.82, 2.24) is 0 Å². The number of carbonyl (C=O) groups excluding carboxylic acids is 1. The van der Waals surface area contributed by atoms with Crippen molar-refractivity contribution in [1.29, 1.82) is 0 Å². The third-order valence-corrected chi connectivity index (χ3v) is 6.76. The average molecular weight is 493 g/mol. The maximum Gasteiger partial charge on any atom is 0.261 e. The van der Waals surface area contributed by atoms with Gasteiger partial charge in [0.2, 0.25) is 5.75 Å². The van der Waals surface area contributed by atoms with Gasteiger partial charge in [-0.05, 0) is 47.9 Å². The fourth-order valence-electron chi connectivity index (χ4n) is 3.65. The van der Waals surface area contributed by atoms with E-state index >= 15 is 0 Å². The lowest BCUT2D eigenvalue weighted by Gasteiger charge is -2.14. The van der Waals surface area contributed by atoms with E-state index in [2.05, 4.69) is 10.0 Å². The van der Waals surface area contributed by atoms with Gasteiger partial charge in [-0.3, -0.25) is 9.52 Å². The highest BCUT2D eigenvalue weighted by atomic mass is 32.2. The second-order valence-corrected chi connectivity index (χ2v) is 9.21. The average Bonchev–Trinajstić information content (AvgIpc) is 2.88. The van der Waals surface area contributed by atoms with E-state index in [9.17, 15) is 13.2 Å². The molecule has 4 aromatic carbocycles. The maximum absolute atomic E-state index is 13.0. The number of anilines is 2. The molecule has 0 saturated heterocycles. The van der Waals surface area contributed by atoms with Crippen LogP contribution in [0.5, 0.6) is 17.2 Å². The number of sulfonamides is 1. The van der Waals surface area contributed by atoms with E-state index in [1.54, 1.807) is 12.1 Å². The van der Waals surface area contributed by atoms with Gasteiger partial charge in [-0.15, -0.1) is 0 Å². The molecule has 0 bridgehead atoms. The summed E-state index contributed by atoms with van der Waals surface area (Å²) in [6, 6.07) is 21.9. The first-order chi connectivity index (χ1) is 16.9. The van der Waals surface area contributed by atoms with Crippen LogP contribution >= 0.6 is 0 Å². The molecule has 1 amide bonds. The van der Waals surface area contributed by atoms with Crippen molar-refractivity contribution >= 4 is 38.1 Å². The molecule has 4 aromatic rings. The highest BCUT2D eigenvalue weighted by Gasteiger charge is 2.18. The monoisotopic (exact) mass is 492 g/mol. The quantitative estimate of drug-likeness (QED) is 0.362. The number of methoxy groups -OCH3 is 3. The number of benzene rings is 4. The van der Waals surface area contributed by atoms with Crippen molar-refractivity contribution in [2.75, 3.05) is 31.4 Å². The second-order valence-electron chi connectivity index (χ2n) is 7.52. The second kappa shape index (κ2) is 9.94. The first kappa shape index (κ1) is 23.9. The number of amides is 1. The summed E-state index contributed by atoms with van der Waals surface area (Å²) in [6.45, 7) is 0. The number of hydrogen-bond donors (Lipinski definition) is 2. The molecule has 0 heterocycles. The Morgan fingerprint density at radius 2 is 1.40 bits per heavy atom. The van der Waals surface area contributed by atoms with Crippen LogP contribution in [0.3, 0.4) is 0 Å². The molecule has 0 aliphatic rings. The molecular formula is C26H24N2O6S. The molecule has 35 heavy (non-hydrogen) atoms. The minimum Gasteiger partial charge on any atom is -0.493 e. The van der Waals surface area contributed by atoms with Crippen LogP contribution in [0, 0.1) is 0 Å². The standard InChI is InChI=1S/C26H24N2O6S/c1-32-23-15-18(16-24(33-2)25(23)34-3)26(29)27-19-11-13-20(14-12-19)35(30,31)28-22-10-6-8-17-7-4-5-9-21(17)22/h4-16,28H,1-3H3,(H,27,29). The van der Waals surface area contributed by atoms with E-state index in [4.69, 9.17) is 14.2 Å². The summed E-state index contributed by atoms with van der Waals surface area (Å²) in [7, 11) is 0.565. The number of fused-ring (bicyclic) bond motifs is 1. The SMILES string of the molecule is COc1cc(C(=O)Nc2ccc(S(=O)(=O)Nc3cccc4ccccc34)cc2)cc(OC)c1OC. The van der Waals surface area contributed by atoms with Gasteiger partial charge in [0.1, 0.15) is 0 Å². The van der Waals surface area contributed by atoms with E-state index in [1.807, 2.05) is 30.3 Å². The Hall–Kier alpha value is -4.24. The molecule has 0 radical (unpaired) electrons. The topological polar surface area (TPSA) is 103 Å². The number of rotatable bonds is 8. The molecule has 0 aliphatic heterocycles.